The molecule has 69 heavy (non-hydrogen) atoms. The topological polar surface area (TPSA) is 457 Å². The first-order valence-electron chi connectivity index (χ1n) is 19.8. The normalized spacial score (nSPS) is 10.7. The van der Waals surface area contributed by atoms with E-state index in [0.29, 0.717) is 6.42 Å². The summed E-state index contributed by atoms with van der Waals surface area (Å²) in [5.41, 5.74) is 0. The van der Waals surface area contributed by atoms with Crippen molar-refractivity contribution in [3.63, 3.8) is 0 Å². The number of ether oxygens (including phenoxy) is 3. The lowest BCUT2D eigenvalue weighted by Gasteiger charge is -2.24. The predicted octanol–water partition coefficient (Wildman–Crippen LogP) is -4.08. The summed E-state index contributed by atoms with van der Waals surface area (Å²) in [5.74, 6) is -12.3. The first kappa shape index (κ1) is 69.0. The van der Waals surface area contributed by atoms with Gasteiger partial charge in [-0.25, -0.2) is 0 Å². The number of methoxy groups -OCH3 is 1. The quantitative estimate of drug-likeness (QED) is 0.0158. The third-order valence-corrected chi connectivity index (χ3v) is 7.73. The molecule has 0 aliphatic carbocycles. The molecule has 31 nitrogen and oxygen atoms in total. The van der Waals surface area contributed by atoms with Gasteiger partial charge in [0.25, 0.3) is 0 Å². The molecule has 0 aliphatic rings. The van der Waals surface area contributed by atoms with Crippen LogP contribution in [0, 0.1) is 0 Å². The molecule has 0 heterocycles. The van der Waals surface area contributed by atoms with Gasteiger partial charge in [0.1, 0.15) is 0 Å². The van der Waals surface area contributed by atoms with Gasteiger partial charge in [-0.05, 0) is 6.42 Å². The molecule has 0 aliphatic heterocycles. The summed E-state index contributed by atoms with van der Waals surface area (Å²) in [5, 5.41) is 95.9. The van der Waals surface area contributed by atoms with Crippen LogP contribution in [0.1, 0.15) is 13.8 Å². The number of carbonyl (C=O) groups is 11. The number of esters is 1. The molecule has 0 saturated carbocycles. The lowest BCUT2D eigenvalue weighted by atomic mass is 10.3. The number of aliphatic carboxylic acids is 10. The minimum Gasteiger partial charge on any atom is -0.512 e. The molecule has 11 N–H and O–H groups in total. The van der Waals surface area contributed by atoms with E-state index in [1.54, 1.807) is 0 Å². The average molecular weight is 1010 g/mol. The van der Waals surface area contributed by atoms with Crippen LogP contribution >= 0.6 is 0 Å². The third kappa shape index (κ3) is 50.6. The largest absolute Gasteiger partial charge is 0.512 e. The van der Waals surface area contributed by atoms with E-state index in [1.165, 1.54) is 31.6 Å². The summed E-state index contributed by atoms with van der Waals surface area (Å²) in [6.45, 7) is 0.113. The van der Waals surface area contributed by atoms with Gasteiger partial charge in [0.05, 0.1) is 118 Å². The highest BCUT2D eigenvalue weighted by molar-refractivity contribution is 5.75. The van der Waals surface area contributed by atoms with Crippen molar-refractivity contribution in [2.75, 3.05) is 151 Å². The van der Waals surface area contributed by atoms with E-state index < -0.39 is 118 Å². The van der Waals surface area contributed by atoms with Crippen LogP contribution in [0.5, 0.6) is 0 Å². The number of aliphatic hydroxyl groups excluding tert-OH is 1. The molecule has 0 rings (SSSR count). The van der Waals surface area contributed by atoms with Crippen molar-refractivity contribution in [1.82, 2.24) is 29.4 Å². The van der Waals surface area contributed by atoms with Crippen LogP contribution in [-0.4, -0.2) is 303 Å². The van der Waals surface area contributed by atoms with Gasteiger partial charge in [-0.2, -0.15) is 0 Å². The van der Waals surface area contributed by atoms with Gasteiger partial charge in [0.15, 0.2) is 0 Å². The number of rotatable bonds is 40. The van der Waals surface area contributed by atoms with Crippen molar-refractivity contribution < 1.29 is 123 Å². The van der Waals surface area contributed by atoms with Crippen LogP contribution in [0.25, 0.3) is 0 Å². The fourth-order valence-corrected chi connectivity index (χ4v) is 5.21. The van der Waals surface area contributed by atoms with Crippen LogP contribution in [0.4, 0.5) is 0 Å². The molecule has 0 radical (unpaired) electrons. The van der Waals surface area contributed by atoms with E-state index in [2.05, 4.69) is 11.3 Å². The van der Waals surface area contributed by atoms with E-state index in [-0.39, 0.29) is 105 Å². The first-order valence-corrected chi connectivity index (χ1v) is 19.8. The van der Waals surface area contributed by atoms with E-state index in [0.717, 1.165) is 4.90 Å². The Balaban J connectivity index is -0.000000460. The maximum Gasteiger partial charge on any atom is 0.319 e. The van der Waals surface area contributed by atoms with Crippen LogP contribution in [0.2, 0.25) is 0 Å². The van der Waals surface area contributed by atoms with Crippen molar-refractivity contribution in [3.05, 3.63) is 12.3 Å². The standard InChI is InChI=1S/C14H24N2O10.C12H20N2O8.C11H18N2O7.CH4/c17-11(18)7-15(8-12(19)20)1-3-25-5-6-26-4-2-16(9-13(21)22)10-14(23)24;1-22-12(21)8-14(7-11(19)20)4-2-3-13(5-9(15)16)6-10(17)18;1-8(14)4-12(5-9(15)16)2-3-13(6-10(17)18)7-11(19)20;/h1-10H2,(H,17,18)(H,19,20)(H,21,22)(H,23,24);2-8H2,1H3,(H,15,16)(H,17,18)(H,19,20);14H,1-7H2,(H,15,16)(H,17,18)(H,19,20);1H4. The molecule has 398 valence electrons. The molecule has 0 spiro atoms. The molecule has 0 fully saturated rings. The van der Waals surface area contributed by atoms with Crippen molar-refractivity contribution >= 4 is 65.7 Å². The Hall–Kier alpha value is -6.61. The van der Waals surface area contributed by atoms with Gasteiger partial charge in [-0.15, -0.1) is 0 Å². The Morgan fingerprint density at radius 3 is 0.783 bits per heavy atom. The molecule has 0 unspecified atom stereocenters. The number of hydrogen-bond donors (Lipinski definition) is 11. The van der Waals surface area contributed by atoms with Gasteiger partial charge in [-0.3, -0.25) is 82.1 Å². The molecule has 0 atom stereocenters. The predicted molar refractivity (Wildman–Crippen MR) is 232 cm³/mol. The Labute approximate surface area is 395 Å². The Morgan fingerprint density at radius 2 is 0.551 bits per heavy atom. The van der Waals surface area contributed by atoms with E-state index in [9.17, 15) is 52.7 Å². The highest BCUT2D eigenvalue weighted by atomic mass is 16.5. The summed E-state index contributed by atoms with van der Waals surface area (Å²) in [6, 6.07) is 0. The minimum absolute atomic E-state index is 0. The second-order valence-corrected chi connectivity index (χ2v) is 13.9. The molecule has 0 bridgehead atoms. The highest BCUT2D eigenvalue weighted by Gasteiger charge is 2.19. The molecule has 31 heteroatoms. The van der Waals surface area contributed by atoms with Crippen molar-refractivity contribution in [2.45, 2.75) is 13.8 Å². The smallest absolute Gasteiger partial charge is 0.319 e. The first-order chi connectivity index (χ1) is 31.6. The van der Waals surface area contributed by atoms with E-state index in [1.807, 2.05) is 0 Å². The van der Waals surface area contributed by atoms with Gasteiger partial charge in [0, 0.05) is 39.3 Å². The lowest BCUT2D eigenvalue weighted by Crippen LogP contribution is -2.42. The van der Waals surface area contributed by atoms with E-state index >= 15 is 0 Å². The van der Waals surface area contributed by atoms with Crippen molar-refractivity contribution in [3.8, 4) is 0 Å². The Morgan fingerprint density at radius 1 is 0.333 bits per heavy atom. The second-order valence-electron chi connectivity index (χ2n) is 13.9. The summed E-state index contributed by atoms with van der Waals surface area (Å²) in [4.78, 5) is 125. The highest BCUT2D eigenvalue weighted by Crippen LogP contribution is 1.99. The molecular weight excluding hydrogens is 940 g/mol. The lowest BCUT2D eigenvalue weighted by molar-refractivity contribution is -0.145. The number of carbonyl (C=O) groups excluding carboxylic acids is 1. The third-order valence-electron chi connectivity index (χ3n) is 7.73. The fraction of sp³-hybridized carbons (Fsp3) is 0.658. The zero-order chi connectivity index (χ0) is 52.8. The molecule has 0 amide bonds. The number of hydrogen-bond acceptors (Lipinski definition) is 21. The van der Waals surface area contributed by atoms with Crippen molar-refractivity contribution in [2.24, 2.45) is 0 Å². The number of aliphatic hydroxyl groups is 1. The Kier molecular flexibility index (Phi) is 41.5. The molecule has 0 aromatic heterocycles. The summed E-state index contributed by atoms with van der Waals surface area (Å²) in [7, 11) is 1.18. The van der Waals surface area contributed by atoms with Crippen LogP contribution in [0.15, 0.2) is 12.3 Å². The Bertz CT molecular complexity index is 1480. The van der Waals surface area contributed by atoms with Crippen LogP contribution < -0.4 is 0 Å². The summed E-state index contributed by atoms with van der Waals surface area (Å²) < 4.78 is 14.9. The van der Waals surface area contributed by atoms with Crippen molar-refractivity contribution in [1.29, 1.82) is 0 Å². The summed E-state index contributed by atoms with van der Waals surface area (Å²) >= 11 is 0. The number of carboxylic acid groups (broad SMARTS) is 10. The van der Waals surface area contributed by atoms with Crippen LogP contribution in [0.3, 0.4) is 0 Å². The van der Waals surface area contributed by atoms with Crippen LogP contribution in [-0.2, 0) is 67.0 Å². The maximum absolute atomic E-state index is 11.2. The maximum atomic E-state index is 11.2. The fourth-order valence-electron chi connectivity index (χ4n) is 5.21. The summed E-state index contributed by atoms with van der Waals surface area (Å²) in [6.07, 6.45) is 0.310. The molecular formula is C38H66N6O25. The zero-order valence-corrected chi connectivity index (χ0v) is 37.3. The minimum atomic E-state index is -1.18. The molecule has 0 aromatic rings. The average Bonchev–Trinajstić information content (AvgIpc) is 3.15. The zero-order valence-electron chi connectivity index (χ0n) is 37.3. The molecule has 0 saturated heterocycles. The second kappa shape index (κ2) is 41.6. The van der Waals surface area contributed by atoms with Gasteiger partial charge >= 0.3 is 65.7 Å². The SMILES string of the molecule is C.C=C(O)CN(CCN(CC(=O)O)CC(=O)O)CC(=O)O.COC(=O)CN(CCCN(CC(=O)O)CC(=O)O)CC(=O)O.O=C(O)CN(CCOCCOCCN(CC(=O)O)CC(=O)O)CC(=O)O. The number of nitrogens with zero attached hydrogens (tertiary/aromatic N) is 6. The number of carboxylic acids is 10. The van der Waals surface area contributed by atoms with E-state index in [4.69, 9.17) is 65.6 Å². The van der Waals surface area contributed by atoms with Gasteiger partial charge in [-0.1, -0.05) is 14.0 Å². The monoisotopic (exact) mass is 1010 g/mol. The van der Waals surface area contributed by atoms with Gasteiger partial charge < -0.3 is 70.4 Å². The molecule has 0 aromatic carbocycles. The van der Waals surface area contributed by atoms with Gasteiger partial charge in [0.2, 0.25) is 0 Å².